The normalized spacial score (nSPS) is 26.2. The zero-order valence-corrected chi connectivity index (χ0v) is 10.3. The molecule has 1 saturated heterocycles. The molecule has 1 aliphatic rings. The molecule has 3 nitrogen and oxygen atoms in total. The van der Waals surface area contributed by atoms with Crippen molar-refractivity contribution in [3.05, 3.63) is 24.2 Å². The Bertz CT molecular complexity index is 297. The average Bonchev–Trinajstić information content (AvgIpc) is 2.70. The second kappa shape index (κ2) is 5.51. The molecule has 1 N–H and O–H groups in total. The molecule has 0 saturated carbocycles. The van der Waals surface area contributed by atoms with E-state index < -0.39 is 0 Å². The van der Waals surface area contributed by atoms with E-state index in [2.05, 4.69) is 24.2 Å². The molecule has 0 amide bonds. The number of nitrogens with zero attached hydrogens (tertiary/aromatic N) is 1. The minimum atomic E-state index is 0.677. The van der Waals surface area contributed by atoms with E-state index in [-0.39, 0.29) is 0 Å². The molecule has 90 valence electrons. The molecule has 2 rings (SSSR count). The van der Waals surface area contributed by atoms with Crippen LogP contribution < -0.4 is 5.32 Å². The molecule has 2 heterocycles. The van der Waals surface area contributed by atoms with Gasteiger partial charge in [-0.25, -0.2) is 0 Å². The molecular formula is C13H22N2O. The van der Waals surface area contributed by atoms with E-state index in [1.165, 1.54) is 25.9 Å². The first-order valence-electron chi connectivity index (χ1n) is 6.18. The fourth-order valence-electron chi connectivity index (χ4n) is 2.57. The van der Waals surface area contributed by atoms with E-state index in [0.29, 0.717) is 6.04 Å². The first kappa shape index (κ1) is 11.7. The third kappa shape index (κ3) is 3.35. The first-order chi connectivity index (χ1) is 7.74. The number of piperidine rings is 1. The van der Waals surface area contributed by atoms with Crippen LogP contribution in [0.1, 0.15) is 25.5 Å². The highest BCUT2D eigenvalue weighted by atomic mass is 16.3. The summed E-state index contributed by atoms with van der Waals surface area (Å²) >= 11 is 0. The Hall–Kier alpha value is -0.800. The van der Waals surface area contributed by atoms with Crippen molar-refractivity contribution in [2.24, 2.45) is 5.92 Å². The van der Waals surface area contributed by atoms with Crippen LogP contribution in [0.5, 0.6) is 0 Å². The average molecular weight is 222 g/mol. The van der Waals surface area contributed by atoms with Crippen LogP contribution in [-0.4, -0.2) is 31.1 Å². The predicted molar refractivity (Wildman–Crippen MR) is 65.2 cm³/mol. The summed E-state index contributed by atoms with van der Waals surface area (Å²) in [6.45, 7) is 5.54. The van der Waals surface area contributed by atoms with Gasteiger partial charge >= 0.3 is 0 Å². The summed E-state index contributed by atoms with van der Waals surface area (Å²) in [5.74, 6) is 1.89. The third-order valence-corrected chi connectivity index (χ3v) is 3.31. The Morgan fingerprint density at radius 1 is 1.56 bits per heavy atom. The molecule has 16 heavy (non-hydrogen) atoms. The number of hydrogen-bond donors (Lipinski definition) is 1. The molecule has 0 radical (unpaired) electrons. The van der Waals surface area contributed by atoms with Gasteiger partial charge in [0.2, 0.25) is 0 Å². The Morgan fingerprint density at radius 3 is 3.12 bits per heavy atom. The lowest BCUT2D eigenvalue weighted by molar-refractivity contribution is 0.205. The Balaban J connectivity index is 1.76. The first-order valence-corrected chi connectivity index (χ1v) is 6.18. The van der Waals surface area contributed by atoms with Gasteiger partial charge in [-0.3, -0.25) is 4.90 Å². The van der Waals surface area contributed by atoms with E-state index >= 15 is 0 Å². The van der Waals surface area contributed by atoms with Gasteiger partial charge in [0, 0.05) is 12.6 Å². The summed E-state index contributed by atoms with van der Waals surface area (Å²) in [6.07, 6.45) is 4.34. The van der Waals surface area contributed by atoms with Crippen LogP contribution >= 0.6 is 0 Å². The smallest absolute Gasteiger partial charge is 0.117 e. The Labute approximate surface area is 97.8 Å². The number of rotatable bonds is 4. The van der Waals surface area contributed by atoms with Crippen molar-refractivity contribution >= 4 is 0 Å². The van der Waals surface area contributed by atoms with Crippen LogP contribution in [0, 0.1) is 5.92 Å². The minimum Gasteiger partial charge on any atom is -0.468 e. The molecular weight excluding hydrogens is 200 g/mol. The van der Waals surface area contributed by atoms with E-state index in [1.807, 2.05) is 12.1 Å². The van der Waals surface area contributed by atoms with Gasteiger partial charge in [0.1, 0.15) is 5.76 Å². The maximum atomic E-state index is 5.36. The van der Waals surface area contributed by atoms with Crippen molar-refractivity contribution < 1.29 is 4.42 Å². The molecule has 1 aliphatic heterocycles. The molecule has 1 fully saturated rings. The van der Waals surface area contributed by atoms with Gasteiger partial charge in [-0.1, -0.05) is 0 Å². The van der Waals surface area contributed by atoms with E-state index in [1.54, 1.807) is 6.26 Å². The van der Waals surface area contributed by atoms with Crippen LogP contribution in [0.15, 0.2) is 22.8 Å². The second-order valence-corrected chi connectivity index (χ2v) is 5.02. The van der Waals surface area contributed by atoms with Gasteiger partial charge < -0.3 is 9.73 Å². The summed E-state index contributed by atoms with van der Waals surface area (Å²) in [5.41, 5.74) is 0. The fourth-order valence-corrected chi connectivity index (χ4v) is 2.57. The number of furan rings is 1. The van der Waals surface area contributed by atoms with Crippen LogP contribution in [0.2, 0.25) is 0 Å². The highest BCUT2D eigenvalue weighted by molar-refractivity contribution is 4.97. The molecule has 2 atom stereocenters. The molecule has 0 aliphatic carbocycles. The molecule has 3 heteroatoms. The Morgan fingerprint density at radius 2 is 2.44 bits per heavy atom. The molecule has 1 aromatic rings. The van der Waals surface area contributed by atoms with E-state index in [9.17, 15) is 0 Å². The summed E-state index contributed by atoms with van der Waals surface area (Å²) in [7, 11) is 2.18. The molecule has 0 spiro atoms. The van der Waals surface area contributed by atoms with Crippen LogP contribution in [0.25, 0.3) is 0 Å². The summed E-state index contributed by atoms with van der Waals surface area (Å²) < 4.78 is 5.36. The lowest BCUT2D eigenvalue weighted by Crippen LogP contribution is -2.39. The van der Waals surface area contributed by atoms with Crippen LogP contribution in [0.3, 0.4) is 0 Å². The van der Waals surface area contributed by atoms with E-state index in [4.69, 9.17) is 4.42 Å². The number of hydrogen-bond acceptors (Lipinski definition) is 3. The van der Waals surface area contributed by atoms with Gasteiger partial charge in [0.05, 0.1) is 12.8 Å². The van der Waals surface area contributed by atoms with Crippen LogP contribution in [-0.2, 0) is 6.54 Å². The molecule has 0 bridgehead atoms. The van der Waals surface area contributed by atoms with Gasteiger partial charge in [-0.15, -0.1) is 0 Å². The quantitative estimate of drug-likeness (QED) is 0.845. The summed E-state index contributed by atoms with van der Waals surface area (Å²) in [6, 6.07) is 4.67. The highest BCUT2D eigenvalue weighted by Gasteiger charge is 2.19. The second-order valence-electron chi connectivity index (χ2n) is 5.02. The molecule has 2 unspecified atom stereocenters. The SMILES string of the molecule is CC1CC(CN(C)Cc2ccco2)CCN1. The van der Waals surface area contributed by atoms with Gasteiger partial charge in [-0.05, 0) is 51.4 Å². The van der Waals surface area contributed by atoms with Crippen LogP contribution in [0.4, 0.5) is 0 Å². The van der Waals surface area contributed by atoms with Gasteiger partial charge in [0.15, 0.2) is 0 Å². The maximum Gasteiger partial charge on any atom is 0.117 e. The van der Waals surface area contributed by atoms with E-state index in [0.717, 1.165) is 18.2 Å². The molecule has 1 aromatic heterocycles. The summed E-state index contributed by atoms with van der Waals surface area (Å²) in [4.78, 5) is 2.36. The molecule has 0 aromatic carbocycles. The lowest BCUT2D eigenvalue weighted by Gasteiger charge is -2.30. The standard InChI is InChI=1S/C13H22N2O/c1-11-8-12(5-6-14-11)9-15(2)10-13-4-3-7-16-13/h3-4,7,11-12,14H,5-6,8-10H2,1-2H3. The zero-order valence-electron chi connectivity index (χ0n) is 10.3. The minimum absolute atomic E-state index is 0.677. The van der Waals surface area contributed by atoms with Crippen molar-refractivity contribution in [1.29, 1.82) is 0 Å². The lowest BCUT2D eigenvalue weighted by atomic mass is 9.93. The zero-order chi connectivity index (χ0) is 11.4. The predicted octanol–water partition coefficient (Wildman–Crippen LogP) is 2.10. The van der Waals surface area contributed by atoms with Crippen molar-refractivity contribution in [3.63, 3.8) is 0 Å². The largest absolute Gasteiger partial charge is 0.468 e. The van der Waals surface area contributed by atoms with Crippen molar-refractivity contribution in [2.75, 3.05) is 20.1 Å². The third-order valence-electron chi connectivity index (χ3n) is 3.31. The monoisotopic (exact) mass is 222 g/mol. The highest BCUT2D eigenvalue weighted by Crippen LogP contribution is 2.17. The van der Waals surface area contributed by atoms with Crippen molar-refractivity contribution in [3.8, 4) is 0 Å². The summed E-state index contributed by atoms with van der Waals surface area (Å²) in [5, 5.41) is 3.49. The Kier molecular flexibility index (Phi) is 4.02. The van der Waals surface area contributed by atoms with Gasteiger partial charge in [0.25, 0.3) is 0 Å². The maximum absolute atomic E-state index is 5.36. The van der Waals surface area contributed by atoms with Gasteiger partial charge in [-0.2, -0.15) is 0 Å². The topological polar surface area (TPSA) is 28.4 Å². The van der Waals surface area contributed by atoms with Crippen molar-refractivity contribution in [2.45, 2.75) is 32.4 Å². The fraction of sp³-hybridized carbons (Fsp3) is 0.692. The van der Waals surface area contributed by atoms with Crippen molar-refractivity contribution in [1.82, 2.24) is 10.2 Å². The number of nitrogens with one attached hydrogen (secondary N) is 1.